The minimum atomic E-state index is -0.0411. The maximum absolute atomic E-state index is 7.05. The molecule has 3 aliphatic rings. The molecule has 0 amide bonds. The van der Waals surface area contributed by atoms with Crippen LogP contribution in [0.3, 0.4) is 0 Å². The van der Waals surface area contributed by atoms with Gasteiger partial charge in [-0.1, -0.05) is 24.6 Å². The zero-order valence-corrected chi connectivity index (χ0v) is 12.5. The van der Waals surface area contributed by atoms with Crippen LogP contribution in [0.5, 0.6) is 0 Å². The van der Waals surface area contributed by atoms with Crippen LogP contribution in [-0.2, 0) is 5.54 Å². The van der Waals surface area contributed by atoms with Gasteiger partial charge in [-0.25, -0.2) is 0 Å². The Labute approximate surface area is 124 Å². The zero-order valence-electron chi connectivity index (χ0n) is 11.7. The predicted octanol–water partition coefficient (Wildman–Crippen LogP) is 4.51. The molecule has 1 aromatic heterocycles. The second kappa shape index (κ2) is 3.86. The summed E-state index contributed by atoms with van der Waals surface area (Å²) in [5, 5.41) is 3.59. The van der Waals surface area contributed by atoms with Gasteiger partial charge in [-0.3, -0.25) is 0 Å². The van der Waals surface area contributed by atoms with Gasteiger partial charge in [0.05, 0.1) is 0 Å². The number of rotatable bonds is 1. The predicted molar refractivity (Wildman–Crippen MR) is 84.7 cm³/mol. The first-order chi connectivity index (χ1) is 9.77. The first-order valence-electron chi connectivity index (χ1n) is 8.03. The Morgan fingerprint density at radius 2 is 2.05 bits per heavy atom. The minimum absolute atomic E-state index is 0.0411. The van der Waals surface area contributed by atoms with E-state index in [1.807, 2.05) is 11.3 Å². The SMILES string of the molecule is NC1(c2cccc3ccsc23)CC2CC1C1CCCC21. The van der Waals surface area contributed by atoms with Crippen LogP contribution in [0.25, 0.3) is 10.1 Å². The van der Waals surface area contributed by atoms with E-state index in [4.69, 9.17) is 5.73 Å². The lowest BCUT2D eigenvalue weighted by Crippen LogP contribution is -2.46. The van der Waals surface area contributed by atoms with Gasteiger partial charge in [0.15, 0.2) is 0 Å². The summed E-state index contributed by atoms with van der Waals surface area (Å²) >= 11 is 1.87. The lowest BCUT2D eigenvalue weighted by Gasteiger charge is -2.40. The fraction of sp³-hybridized carbons (Fsp3) is 0.556. The van der Waals surface area contributed by atoms with E-state index in [-0.39, 0.29) is 5.54 Å². The number of nitrogens with two attached hydrogens (primary N) is 1. The summed E-state index contributed by atoms with van der Waals surface area (Å²) in [6, 6.07) is 8.98. The third kappa shape index (κ3) is 1.32. The van der Waals surface area contributed by atoms with Crippen molar-refractivity contribution in [2.24, 2.45) is 29.4 Å². The average Bonchev–Trinajstić information content (AvgIpc) is 3.18. The monoisotopic (exact) mass is 283 g/mol. The highest BCUT2D eigenvalue weighted by molar-refractivity contribution is 7.17. The Hall–Kier alpha value is -0.860. The van der Waals surface area contributed by atoms with Gasteiger partial charge in [-0.2, -0.15) is 0 Å². The van der Waals surface area contributed by atoms with Gasteiger partial charge in [0.1, 0.15) is 0 Å². The highest BCUT2D eigenvalue weighted by atomic mass is 32.1. The average molecular weight is 283 g/mol. The molecular formula is C18H21NS. The highest BCUT2D eigenvalue weighted by Crippen LogP contribution is 2.64. The summed E-state index contributed by atoms with van der Waals surface area (Å²) in [5.41, 5.74) is 8.46. The van der Waals surface area contributed by atoms with Crippen molar-refractivity contribution in [1.82, 2.24) is 0 Å². The third-order valence-corrected chi connectivity index (χ3v) is 7.51. The summed E-state index contributed by atoms with van der Waals surface area (Å²) in [6.45, 7) is 0. The van der Waals surface area contributed by atoms with Crippen LogP contribution in [0.4, 0.5) is 0 Å². The van der Waals surface area contributed by atoms with Crippen LogP contribution in [0.1, 0.15) is 37.7 Å². The molecule has 1 nitrogen and oxygen atoms in total. The smallest absolute Gasteiger partial charge is 0.0458 e. The van der Waals surface area contributed by atoms with Gasteiger partial charge in [0, 0.05) is 10.2 Å². The van der Waals surface area contributed by atoms with Crippen molar-refractivity contribution in [1.29, 1.82) is 0 Å². The molecule has 0 saturated heterocycles. The molecule has 5 rings (SSSR count). The van der Waals surface area contributed by atoms with Crippen molar-refractivity contribution in [3.05, 3.63) is 35.2 Å². The van der Waals surface area contributed by atoms with E-state index in [1.54, 1.807) is 0 Å². The van der Waals surface area contributed by atoms with Crippen LogP contribution in [0.15, 0.2) is 29.6 Å². The van der Waals surface area contributed by atoms with E-state index in [0.29, 0.717) is 0 Å². The van der Waals surface area contributed by atoms with E-state index in [9.17, 15) is 0 Å². The third-order valence-electron chi connectivity index (χ3n) is 6.55. The topological polar surface area (TPSA) is 26.0 Å². The van der Waals surface area contributed by atoms with Crippen molar-refractivity contribution in [3.63, 3.8) is 0 Å². The molecule has 3 aliphatic carbocycles. The molecule has 2 N–H and O–H groups in total. The lowest BCUT2D eigenvalue weighted by atomic mass is 9.68. The van der Waals surface area contributed by atoms with E-state index in [0.717, 1.165) is 23.7 Å². The van der Waals surface area contributed by atoms with Gasteiger partial charge in [-0.15, -0.1) is 11.3 Å². The van der Waals surface area contributed by atoms with Crippen molar-refractivity contribution in [3.8, 4) is 0 Å². The zero-order chi connectivity index (χ0) is 13.3. The summed E-state index contributed by atoms with van der Waals surface area (Å²) in [5.74, 6) is 3.59. The Morgan fingerprint density at radius 1 is 1.15 bits per heavy atom. The molecular weight excluding hydrogens is 262 g/mol. The Morgan fingerprint density at radius 3 is 3.00 bits per heavy atom. The molecule has 20 heavy (non-hydrogen) atoms. The van der Waals surface area contributed by atoms with Gasteiger partial charge >= 0.3 is 0 Å². The fourth-order valence-corrected chi connectivity index (χ4v) is 6.87. The molecule has 0 spiro atoms. The molecule has 0 radical (unpaired) electrons. The van der Waals surface area contributed by atoms with Crippen LogP contribution in [0, 0.1) is 23.7 Å². The maximum atomic E-state index is 7.05. The number of hydrogen-bond donors (Lipinski definition) is 1. The summed E-state index contributed by atoms with van der Waals surface area (Å²) < 4.78 is 1.44. The lowest BCUT2D eigenvalue weighted by molar-refractivity contribution is 0.158. The molecule has 3 saturated carbocycles. The highest BCUT2D eigenvalue weighted by Gasteiger charge is 2.60. The molecule has 5 unspecified atom stereocenters. The van der Waals surface area contributed by atoms with Crippen molar-refractivity contribution in [2.45, 2.75) is 37.6 Å². The molecule has 2 heteroatoms. The van der Waals surface area contributed by atoms with E-state index in [1.165, 1.54) is 47.8 Å². The minimum Gasteiger partial charge on any atom is -0.321 e. The van der Waals surface area contributed by atoms with Gasteiger partial charge in [0.2, 0.25) is 0 Å². The van der Waals surface area contributed by atoms with Crippen molar-refractivity contribution < 1.29 is 0 Å². The fourth-order valence-electron chi connectivity index (χ4n) is 5.86. The van der Waals surface area contributed by atoms with Crippen LogP contribution in [-0.4, -0.2) is 0 Å². The van der Waals surface area contributed by atoms with Gasteiger partial charge in [0.25, 0.3) is 0 Å². The summed E-state index contributed by atoms with van der Waals surface area (Å²) in [7, 11) is 0. The van der Waals surface area contributed by atoms with Crippen molar-refractivity contribution in [2.75, 3.05) is 0 Å². The van der Waals surface area contributed by atoms with E-state index >= 15 is 0 Å². The van der Waals surface area contributed by atoms with Gasteiger partial charge in [-0.05, 0) is 71.8 Å². The first-order valence-corrected chi connectivity index (χ1v) is 8.91. The largest absolute Gasteiger partial charge is 0.321 e. The second-order valence-electron chi connectivity index (χ2n) is 7.25. The van der Waals surface area contributed by atoms with E-state index in [2.05, 4.69) is 29.6 Å². The molecule has 5 atom stereocenters. The Kier molecular flexibility index (Phi) is 2.27. The molecule has 2 bridgehead atoms. The van der Waals surface area contributed by atoms with Crippen LogP contribution in [0.2, 0.25) is 0 Å². The first kappa shape index (κ1) is 11.8. The number of benzene rings is 1. The van der Waals surface area contributed by atoms with E-state index < -0.39 is 0 Å². The van der Waals surface area contributed by atoms with Crippen LogP contribution >= 0.6 is 11.3 Å². The summed E-state index contributed by atoms with van der Waals surface area (Å²) in [4.78, 5) is 0. The molecule has 104 valence electrons. The Bertz CT molecular complexity index is 675. The number of fused-ring (bicyclic) bond motifs is 6. The van der Waals surface area contributed by atoms with Crippen molar-refractivity contribution >= 4 is 21.4 Å². The molecule has 1 aromatic carbocycles. The molecule has 1 heterocycles. The normalized spacial score (nSPS) is 42.5. The quantitative estimate of drug-likeness (QED) is 0.818. The summed E-state index contributed by atoms with van der Waals surface area (Å²) in [6.07, 6.45) is 6.99. The van der Waals surface area contributed by atoms with Crippen LogP contribution < -0.4 is 5.73 Å². The standard InChI is InChI=1S/C18H21NS/c19-18(15-6-1-3-11-7-8-20-17(11)15)10-12-9-16(18)14-5-2-4-13(12)14/h1,3,6-8,12-14,16H,2,4-5,9-10,19H2. The molecule has 2 aromatic rings. The number of thiophene rings is 1. The Balaban J connectivity index is 1.66. The maximum Gasteiger partial charge on any atom is 0.0458 e. The second-order valence-corrected chi connectivity index (χ2v) is 8.17. The number of hydrogen-bond acceptors (Lipinski definition) is 2. The molecule has 0 aliphatic heterocycles. The molecule has 3 fully saturated rings. The van der Waals surface area contributed by atoms with Gasteiger partial charge < -0.3 is 5.73 Å².